The zero-order valence-corrected chi connectivity index (χ0v) is 11.0. The number of aromatic amines is 1. The fourth-order valence-electron chi connectivity index (χ4n) is 2.57. The number of nitrogens with two attached hydrogens (primary N) is 1. The number of nitrogens with zero attached hydrogens (tertiary/aromatic N) is 3. The van der Waals surface area contributed by atoms with Crippen LogP contribution in [0.4, 0.5) is 5.82 Å². The molecule has 0 aliphatic heterocycles. The van der Waals surface area contributed by atoms with Crippen LogP contribution in [0.1, 0.15) is 24.6 Å². The van der Waals surface area contributed by atoms with Gasteiger partial charge in [-0.25, -0.2) is 15.0 Å². The molecule has 0 aromatic carbocycles. The summed E-state index contributed by atoms with van der Waals surface area (Å²) in [6.07, 6.45) is 2.26. The number of nitrogens with one attached hydrogen (secondary N) is 1. The third-order valence-electron chi connectivity index (χ3n) is 3.59. The van der Waals surface area contributed by atoms with Crippen LogP contribution in [0.2, 0.25) is 0 Å². The van der Waals surface area contributed by atoms with E-state index < -0.39 is 6.10 Å². The first-order chi connectivity index (χ1) is 8.69. The van der Waals surface area contributed by atoms with Crippen molar-refractivity contribution in [3.63, 3.8) is 0 Å². The van der Waals surface area contributed by atoms with Crippen molar-refractivity contribution in [1.82, 2.24) is 19.9 Å². The van der Waals surface area contributed by atoms with Crippen LogP contribution in [0, 0.1) is 5.92 Å². The van der Waals surface area contributed by atoms with Gasteiger partial charge in [0.1, 0.15) is 11.3 Å². The second-order valence-corrected chi connectivity index (χ2v) is 4.75. The molecule has 7 nitrogen and oxygen atoms in total. The fourth-order valence-corrected chi connectivity index (χ4v) is 2.57. The summed E-state index contributed by atoms with van der Waals surface area (Å²) in [6, 6.07) is 0. The molecule has 3 atom stereocenters. The van der Waals surface area contributed by atoms with E-state index in [-0.39, 0.29) is 30.8 Å². The summed E-state index contributed by atoms with van der Waals surface area (Å²) < 4.78 is 0. The summed E-state index contributed by atoms with van der Waals surface area (Å²) in [5.41, 5.74) is 7.01. The molecule has 2 heterocycles. The van der Waals surface area contributed by atoms with Gasteiger partial charge in [0, 0.05) is 18.4 Å². The van der Waals surface area contributed by atoms with Crippen molar-refractivity contribution >= 4 is 29.4 Å². The highest BCUT2D eigenvalue weighted by Crippen LogP contribution is 2.37. The van der Waals surface area contributed by atoms with Gasteiger partial charge < -0.3 is 20.9 Å². The number of halogens is 1. The van der Waals surface area contributed by atoms with Crippen LogP contribution in [0.15, 0.2) is 6.33 Å². The van der Waals surface area contributed by atoms with Gasteiger partial charge in [0.05, 0.1) is 12.4 Å². The Morgan fingerprint density at radius 3 is 2.84 bits per heavy atom. The standard InChI is InChI=1S/C11H15N5O2.ClH/c12-9-8-11(14-4-13-8)16-10(15-9)5-1-6(3-17)7(18)2-5;/h4-7,17-18H,1-3H2,(H3,12,13,14,15,16);1H/t5-,6-,7+;/m1./s1. The van der Waals surface area contributed by atoms with Crippen LogP contribution in [0.25, 0.3) is 11.2 Å². The van der Waals surface area contributed by atoms with E-state index >= 15 is 0 Å². The number of nitrogen functional groups attached to an aromatic ring is 1. The molecule has 1 aliphatic carbocycles. The number of rotatable bonds is 2. The SMILES string of the molecule is Cl.Nc1nc([C@@H]2C[C@H](CO)[C@@H](O)C2)nc2nc[nH]c12. The summed E-state index contributed by atoms with van der Waals surface area (Å²) in [7, 11) is 0. The number of hydrogen-bond acceptors (Lipinski definition) is 6. The molecular formula is C11H16ClN5O2. The van der Waals surface area contributed by atoms with E-state index in [2.05, 4.69) is 19.9 Å². The first-order valence-corrected chi connectivity index (χ1v) is 5.94. The first kappa shape index (κ1) is 14.0. The Hall–Kier alpha value is -1.44. The lowest BCUT2D eigenvalue weighted by atomic mass is 10.0. The predicted octanol–water partition coefficient (Wildman–Crippen LogP) is 0.204. The Bertz CT molecular complexity index is 575. The lowest BCUT2D eigenvalue weighted by molar-refractivity contribution is 0.0907. The number of anilines is 1. The second-order valence-electron chi connectivity index (χ2n) is 4.75. The smallest absolute Gasteiger partial charge is 0.183 e. The molecule has 2 aromatic heterocycles. The topological polar surface area (TPSA) is 121 Å². The summed E-state index contributed by atoms with van der Waals surface area (Å²) in [4.78, 5) is 15.6. The van der Waals surface area contributed by atoms with E-state index in [1.165, 1.54) is 6.33 Å². The van der Waals surface area contributed by atoms with Gasteiger partial charge in [0.15, 0.2) is 11.5 Å². The summed E-state index contributed by atoms with van der Waals surface area (Å²) in [6.45, 7) is -0.0161. The zero-order chi connectivity index (χ0) is 12.7. The van der Waals surface area contributed by atoms with Gasteiger partial charge in [-0.1, -0.05) is 0 Å². The van der Waals surface area contributed by atoms with Crippen LogP contribution in [0.5, 0.6) is 0 Å². The molecule has 3 rings (SSSR count). The number of aliphatic hydroxyl groups excluding tert-OH is 2. The minimum atomic E-state index is -0.500. The highest BCUT2D eigenvalue weighted by Gasteiger charge is 2.35. The van der Waals surface area contributed by atoms with E-state index in [0.29, 0.717) is 35.6 Å². The van der Waals surface area contributed by atoms with Crippen LogP contribution in [-0.4, -0.2) is 42.9 Å². The lowest BCUT2D eigenvalue weighted by Crippen LogP contribution is -2.16. The molecule has 8 heteroatoms. The molecule has 5 N–H and O–H groups in total. The molecule has 0 bridgehead atoms. The molecule has 0 radical (unpaired) electrons. The molecule has 19 heavy (non-hydrogen) atoms. The molecular weight excluding hydrogens is 270 g/mol. The van der Waals surface area contributed by atoms with Crippen LogP contribution in [0.3, 0.4) is 0 Å². The van der Waals surface area contributed by atoms with Gasteiger partial charge in [-0.2, -0.15) is 0 Å². The largest absolute Gasteiger partial charge is 0.396 e. The van der Waals surface area contributed by atoms with E-state index in [1.54, 1.807) is 0 Å². The normalized spacial score (nSPS) is 26.5. The van der Waals surface area contributed by atoms with Gasteiger partial charge in [-0.15, -0.1) is 12.4 Å². The molecule has 104 valence electrons. The van der Waals surface area contributed by atoms with Crippen molar-refractivity contribution < 1.29 is 10.2 Å². The molecule has 0 amide bonds. The van der Waals surface area contributed by atoms with Gasteiger partial charge in [-0.05, 0) is 12.8 Å². The van der Waals surface area contributed by atoms with E-state index in [0.717, 1.165) is 0 Å². The van der Waals surface area contributed by atoms with E-state index in [9.17, 15) is 5.11 Å². The van der Waals surface area contributed by atoms with Crippen molar-refractivity contribution in [2.24, 2.45) is 5.92 Å². The molecule has 1 saturated carbocycles. The van der Waals surface area contributed by atoms with Crippen molar-refractivity contribution in [2.75, 3.05) is 12.3 Å². The predicted molar refractivity (Wildman–Crippen MR) is 71.9 cm³/mol. The fraction of sp³-hybridized carbons (Fsp3) is 0.545. The highest BCUT2D eigenvalue weighted by molar-refractivity contribution is 5.85. The number of fused-ring (bicyclic) bond motifs is 1. The van der Waals surface area contributed by atoms with Crippen LogP contribution in [-0.2, 0) is 0 Å². The Balaban J connectivity index is 0.00000133. The average molecular weight is 286 g/mol. The average Bonchev–Trinajstić information content (AvgIpc) is 2.95. The van der Waals surface area contributed by atoms with Crippen LogP contribution < -0.4 is 5.73 Å². The second kappa shape index (κ2) is 5.28. The maximum atomic E-state index is 9.79. The van der Waals surface area contributed by atoms with Gasteiger partial charge in [-0.3, -0.25) is 0 Å². The number of hydrogen-bond donors (Lipinski definition) is 4. The minimum absolute atomic E-state index is 0. The maximum Gasteiger partial charge on any atom is 0.183 e. The maximum absolute atomic E-state index is 9.79. The Morgan fingerprint density at radius 2 is 2.16 bits per heavy atom. The Labute approximate surface area is 115 Å². The molecule has 0 unspecified atom stereocenters. The monoisotopic (exact) mass is 285 g/mol. The van der Waals surface area contributed by atoms with E-state index in [4.69, 9.17) is 10.8 Å². The van der Waals surface area contributed by atoms with Crippen molar-refractivity contribution in [2.45, 2.75) is 24.9 Å². The quantitative estimate of drug-likeness (QED) is 0.626. The zero-order valence-electron chi connectivity index (χ0n) is 10.2. The first-order valence-electron chi connectivity index (χ1n) is 5.94. The minimum Gasteiger partial charge on any atom is -0.396 e. The van der Waals surface area contributed by atoms with Gasteiger partial charge in [0.25, 0.3) is 0 Å². The molecule has 1 aliphatic rings. The summed E-state index contributed by atoms with van der Waals surface area (Å²) in [5, 5.41) is 18.9. The Morgan fingerprint density at radius 1 is 1.37 bits per heavy atom. The summed E-state index contributed by atoms with van der Waals surface area (Å²) in [5.74, 6) is 0.895. The lowest BCUT2D eigenvalue weighted by Gasteiger charge is -2.09. The van der Waals surface area contributed by atoms with Gasteiger partial charge >= 0.3 is 0 Å². The summed E-state index contributed by atoms with van der Waals surface area (Å²) >= 11 is 0. The number of aromatic nitrogens is 4. The molecule has 0 spiro atoms. The third-order valence-corrected chi connectivity index (χ3v) is 3.59. The molecule has 1 fully saturated rings. The number of aliphatic hydroxyl groups is 2. The highest BCUT2D eigenvalue weighted by atomic mass is 35.5. The number of H-pyrrole nitrogens is 1. The number of imidazole rings is 1. The molecule has 2 aromatic rings. The van der Waals surface area contributed by atoms with Crippen LogP contribution >= 0.6 is 12.4 Å². The van der Waals surface area contributed by atoms with Gasteiger partial charge in [0.2, 0.25) is 0 Å². The Kier molecular flexibility index (Phi) is 3.88. The van der Waals surface area contributed by atoms with Crippen molar-refractivity contribution in [3.05, 3.63) is 12.2 Å². The van der Waals surface area contributed by atoms with Crippen molar-refractivity contribution in [1.29, 1.82) is 0 Å². The molecule has 0 saturated heterocycles. The third kappa shape index (κ3) is 2.36. The van der Waals surface area contributed by atoms with Crippen molar-refractivity contribution in [3.8, 4) is 0 Å². The van der Waals surface area contributed by atoms with E-state index in [1.807, 2.05) is 0 Å².